The first kappa shape index (κ1) is 24.9. The number of carbonyl (C=O) groups excluding carboxylic acids is 3. The summed E-state index contributed by atoms with van der Waals surface area (Å²) >= 11 is 1.59. The molecule has 3 saturated heterocycles. The average Bonchev–Trinajstić information content (AvgIpc) is 3.36. The van der Waals surface area contributed by atoms with Crippen molar-refractivity contribution in [2.45, 2.75) is 62.1 Å². The number of likely N-dealkylation sites (tertiary alicyclic amines) is 1. The van der Waals surface area contributed by atoms with E-state index in [1.165, 1.54) is 0 Å². The zero-order valence-electron chi connectivity index (χ0n) is 20.4. The van der Waals surface area contributed by atoms with Gasteiger partial charge in [0, 0.05) is 10.4 Å². The largest absolute Gasteiger partial charge is 0.497 e. The lowest BCUT2D eigenvalue weighted by molar-refractivity contribution is -0.155. The van der Waals surface area contributed by atoms with Gasteiger partial charge in [0.15, 0.2) is 0 Å². The van der Waals surface area contributed by atoms with Crippen LogP contribution in [0.3, 0.4) is 0 Å². The third kappa shape index (κ3) is 3.68. The summed E-state index contributed by atoms with van der Waals surface area (Å²) in [6.07, 6.45) is 1.37. The highest BCUT2D eigenvalue weighted by molar-refractivity contribution is 8.02. The number of amides is 2. The molecule has 6 atom stereocenters. The van der Waals surface area contributed by atoms with Crippen molar-refractivity contribution < 1.29 is 29.0 Å². The first-order valence-corrected chi connectivity index (χ1v) is 12.7. The number of aliphatic hydroxyl groups excluding tert-OH is 1. The molecule has 1 aromatic rings. The van der Waals surface area contributed by atoms with Crippen LogP contribution < -0.4 is 10.1 Å². The number of methoxy groups -OCH3 is 1. The van der Waals surface area contributed by atoms with Crippen LogP contribution in [0, 0.1) is 17.8 Å². The van der Waals surface area contributed by atoms with E-state index in [2.05, 4.69) is 5.32 Å². The summed E-state index contributed by atoms with van der Waals surface area (Å²) in [5.74, 6) is -1.60. The molecule has 9 heteroatoms. The van der Waals surface area contributed by atoms with Crippen LogP contribution in [-0.2, 0) is 19.1 Å². The molecule has 0 aromatic heterocycles. The predicted octanol–water partition coefficient (Wildman–Crippen LogP) is 2.70. The maximum absolute atomic E-state index is 14.0. The summed E-state index contributed by atoms with van der Waals surface area (Å²) in [5.41, 5.74) is 0.592. The van der Waals surface area contributed by atoms with Crippen molar-refractivity contribution in [1.29, 1.82) is 0 Å². The third-order valence-corrected chi connectivity index (χ3v) is 9.66. The first-order chi connectivity index (χ1) is 16.1. The number of esters is 1. The van der Waals surface area contributed by atoms with Crippen LogP contribution in [0.1, 0.15) is 40.5 Å². The minimum absolute atomic E-state index is 0.0701. The van der Waals surface area contributed by atoms with Crippen molar-refractivity contribution in [3.05, 3.63) is 24.3 Å². The standard InChI is InChI=1S/C25H34N2O6S/c1-6-33-23(31)19-18-22(30)27(17(13-28)14(2)3)20(25(18)12-11-24(19,4)34-25)21(29)26-15-7-9-16(32-5)10-8-15/h7-10,14,17-20,28H,6,11-13H2,1-5H3,(H,26,29)/t17-,18-,19-,20?,24+,25?/m0/s1. The molecule has 8 nitrogen and oxygen atoms in total. The number of ether oxygens (including phenoxy) is 2. The van der Waals surface area contributed by atoms with Gasteiger partial charge in [0.1, 0.15) is 11.8 Å². The molecule has 3 fully saturated rings. The highest BCUT2D eigenvalue weighted by atomic mass is 32.2. The second-order valence-electron chi connectivity index (χ2n) is 9.94. The van der Waals surface area contributed by atoms with Gasteiger partial charge in [-0.3, -0.25) is 14.4 Å². The van der Waals surface area contributed by atoms with E-state index < -0.39 is 33.4 Å². The van der Waals surface area contributed by atoms with E-state index in [1.54, 1.807) is 55.0 Å². The van der Waals surface area contributed by atoms with Gasteiger partial charge >= 0.3 is 5.97 Å². The molecule has 2 unspecified atom stereocenters. The molecule has 2 N–H and O–H groups in total. The van der Waals surface area contributed by atoms with Crippen LogP contribution in [0.4, 0.5) is 5.69 Å². The number of nitrogens with zero attached hydrogens (tertiary/aromatic N) is 1. The highest BCUT2D eigenvalue weighted by Crippen LogP contribution is 2.71. The van der Waals surface area contributed by atoms with Gasteiger partial charge in [-0.25, -0.2) is 0 Å². The van der Waals surface area contributed by atoms with E-state index in [0.29, 0.717) is 17.9 Å². The van der Waals surface area contributed by atoms with Crippen molar-refractivity contribution in [1.82, 2.24) is 4.90 Å². The number of anilines is 1. The predicted molar refractivity (Wildman–Crippen MR) is 130 cm³/mol. The van der Waals surface area contributed by atoms with Crippen molar-refractivity contribution in [3.63, 3.8) is 0 Å². The summed E-state index contributed by atoms with van der Waals surface area (Å²) in [5, 5.41) is 13.2. The molecular formula is C25H34N2O6S. The Morgan fingerprint density at radius 2 is 1.94 bits per heavy atom. The number of hydrogen-bond donors (Lipinski definition) is 2. The fourth-order valence-corrected chi connectivity index (χ4v) is 8.45. The number of aliphatic hydroxyl groups is 1. The molecule has 3 aliphatic heterocycles. The van der Waals surface area contributed by atoms with Crippen LogP contribution in [0.15, 0.2) is 24.3 Å². The quantitative estimate of drug-likeness (QED) is 0.540. The zero-order valence-corrected chi connectivity index (χ0v) is 21.2. The monoisotopic (exact) mass is 490 g/mol. The van der Waals surface area contributed by atoms with Gasteiger partial charge in [-0.1, -0.05) is 13.8 Å². The van der Waals surface area contributed by atoms with Gasteiger partial charge in [0.2, 0.25) is 11.8 Å². The second-order valence-corrected chi connectivity index (χ2v) is 11.8. The van der Waals surface area contributed by atoms with Crippen LogP contribution in [0.25, 0.3) is 0 Å². The SMILES string of the molecule is CCOC(=O)[C@@H]1[C@H]2C(=O)N([C@@H](CO)C(C)C)C(C(=O)Nc3ccc(OC)cc3)C23CC[C@@]1(C)S3. The van der Waals surface area contributed by atoms with Crippen LogP contribution in [0.5, 0.6) is 5.75 Å². The topological polar surface area (TPSA) is 105 Å². The minimum Gasteiger partial charge on any atom is -0.497 e. The molecular weight excluding hydrogens is 456 g/mol. The number of thioether (sulfide) groups is 1. The Kier molecular flexibility index (Phi) is 6.63. The van der Waals surface area contributed by atoms with Gasteiger partial charge in [-0.15, -0.1) is 11.8 Å². The summed E-state index contributed by atoms with van der Waals surface area (Å²) < 4.78 is 9.38. The minimum atomic E-state index is -0.807. The molecule has 0 saturated carbocycles. The average molecular weight is 491 g/mol. The number of carbonyl (C=O) groups is 3. The molecule has 1 aromatic carbocycles. The van der Waals surface area contributed by atoms with Gasteiger partial charge < -0.3 is 24.8 Å². The summed E-state index contributed by atoms with van der Waals surface area (Å²) in [6.45, 7) is 7.59. The third-order valence-electron chi connectivity index (χ3n) is 7.67. The Hall–Kier alpha value is -2.26. The Morgan fingerprint density at radius 3 is 2.50 bits per heavy atom. The number of rotatable bonds is 8. The van der Waals surface area contributed by atoms with E-state index in [1.807, 2.05) is 20.8 Å². The fraction of sp³-hybridized carbons (Fsp3) is 0.640. The fourth-order valence-electron chi connectivity index (χ4n) is 6.12. The van der Waals surface area contributed by atoms with Crippen LogP contribution >= 0.6 is 11.8 Å². The Labute approximate surface area is 204 Å². The molecule has 34 heavy (non-hydrogen) atoms. The zero-order chi connectivity index (χ0) is 24.8. The van der Waals surface area contributed by atoms with E-state index in [4.69, 9.17) is 9.47 Å². The van der Waals surface area contributed by atoms with Crippen molar-refractivity contribution in [2.24, 2.45) is 17.8 Å². The molecule has 186 valence electrons. The summed E-state index contributed by atoms with van der Waals surface area (Å²) in [6, 6.07) is 5.67. The number of benzene rings is 1. The molecule has 0 aliphatic carbocycles. The van der Waals surface area contributed by atoms with Gasteiger partial charge in [-0.05, 0) is 56.9 Å². The maximum atomic E-state index is 14.0. The maximum Gasteiger partial charge on any atom is 0.311 e. The van der Waals surface area contributed by atoms with Gasteiger partial charge in [-0.2, -0.15) is 0 Å². The molecule has 3 aliphatic rings. The van der Waals surface area contributed by atoms with E-state index in [-0.39, 0.29) is 36.9 Å². The Morgan fingerprint density at radius 1 is 1.26 bits per heavy atom. The number of fused-ring (bicyclic) bond motifs is 1. The lowest BCUT2D eigenvalue weighted by Gasteiger charge is -2.38. The van der Waals surface area contributed by atoms with Crippen molar-refractivity contribution in [2.75, 3.05) is 25.6 Å². The van der Waals surface area contributed by atoms with E-state index in [9.17, 15) is 19.5 Å². The smallest absolute Gasteiger partial charge is 0.311 e. The van der Waals surface area contributed by atoms with Gasteiger partial charge in [0.25, 0.3) is 0 Å². The van der Waals surface area contributed by atoms with Crippen molar-refractivity contribution in [3.8, 4) is 5.75 Å². The van der Waals surface area contributed by atoms with E-state index >= 15 is 0 Å². The highest BCUT2D eigenvalue weighted by Gasteiger charge is 2.78. The lowest BCUT2D eigenvalue weighted by Crippen LogP contribution is -2.56. The lowest BCUT2D eigenvalue weighted by atomic mass is 9.66. The van der Waals surface area contributed by atoms with E-state index in [0.717, 1.165) is 6.42 Å². The van der Waals surface area contributed by atoms with Crippen molar-refractivity contribution >= 4 is 35.2 Å². The molecule has 4 rings (SSSR count). The Bertz CT molecular complexity index is 969. The Balaban J connectivity index is 1.76. The molecule has 1 spiro atoms. The number of hydrogen-bond acceptors (Lipinski definition) is 7. The normalized spacial score (nSPS) is 32.6. The molecule has 2 amide bonds. The summed E-state index contributed by atoms with van der Waals surface area (Å²) in [4.78, 5) is 42.5. The molecule has 2 bridgehead atoms. The molecule has 0 radical (unpaired) electrons. The van der Waals surface area contributed by atoms with Gasteiger partial charge in [0.05, 0.1) is 42.9 Å². The number of nitrogens with one attached hydrogen (secondary N) is 1. The summed E-state index contributed by atoms with van der Waals surface area (Å²) in [7, 11) is 1.57. The van der Waals surface area contributed by atoms with Crippen LogP contribution in [0.2, 0.25) is 0 Å². The molecule has 3 heterocycles. The van der Waals surface area contributed by atoms with Crippen LogP contribution in [-0.4, -0.2) is 69.7 Å². The second kappa shape index (κ2) is 9.07. The first-order valence-electron chi connectivity index (χ1n) is 11.9.